The van der Waals surface area contributed by atoms with E-state index in [1.807, 2.05) is 19.1 Å². The van der Waals surface area contributed by atoms with Crippen LogP contribution in [0.2, 0.25) is 0 Å². The Bertz CT molecular complexity index is 357. The van der Waals surface area contributed by atoms with Crippen molar-refractivity contribution in [2.75, 3.05) is 19.0 Å². The van der Waals surface area contributed by atoms with Crippen molar-refractivity contribution in [3.8, 4) is 11.9 Å². The molecular formula is C11H15N3O. The normalized spacial score (nSPS) is 9.40. The lowest BCUT2D eigenvalue weighted by molar-refractivity contribution is 0.397. The number of hydrogen-bond donors (Lipinski definition) is 1. The van der Waals surface area contributed by atoms with Crippen LogP contribution in [0.3, 0.4) is 0 Å². The highest BCUT2D eigenvalue weighted by atomic mass is 16.5. The average Bonchev–Trinajstić information content (AvgIpc) is 2.26. The molecule has 80 valence electrons. The molecular weight excluding hydrogens is 190 g/mol. The van der Waals surface area contributed by atoms with E-state index >= 15 is 0 Å². The quantitative estimate of drug-likeness (QED) is 0.748. The molecule has 0 aliphatic carbocycles. The molecule has 0 spiro atoms. The lowest BCUT2D eigenvalue weighted by Crippen LogP contribution is -2.04. The number of nitrogens with zero attached hydrogens (tertiary/aromatic N) is 2. The summed E-state index contributed by atoms with van der Waals surface area (Å²) in [6.07, 6.45) is 1.43. The average molecular weight is 205 g/mol. The number of nitriles is 1. The number of ether oxygens (including phenoxy) is 1. The van der Waals surface area contributed by atoms with Crippen LogP contribution in [-0.4, -0.2) is 18.6 Å². The van der Waals surface area contributed by atoms with Crippen LogP contribution in [0.1, 0.15) is 18.5 Å². The number of nitrogens with one attached hydrogen (secondary N) is 1. The molecule has 0 radical (unpaired) electrons. The summed E-state index contributed by atoms with van der Waals surface area (Å²) in [7, 11) is 1.60. The van der Waals surface area contributed by atoms with Crippen molar-refractivity contribution in [2.45, 2.75) is 19.8 Å². The fraction of sp³-hybridized carbons (Fsp3) is 0.455. The van der Waals surface area contributed by atoms with Crippen molar-refractivity contribution in [1.82, 2.24) is 4.98 Å². The van der Waals surface area contributed by atoms with E-state index in [0.29, 0.717) is 12.3 Å². The molecule has 1 rings (SSSR count). The van der Waals surface area contributed by atoms with Gasteiger partial charge in [-0.05, 0) is 19.4 Å². The Morgan fingerprint density at radius 3 is 2.93 bits per heavy atom. The topological polar surface area (TPSA) is 57.9 Å². The van der Waals surface area contributed by atoms with Gasteiger partial charge in [0.15, 0.2) is 0 Å². The maximum Gasteiger partial charge on any atom is 0.213 e. The predicted molar refractivity (Wildman–Crippen MR) is 58.9 cm³/mol. The molecule has 0 saturated heterocycles. The Labute approximate surface area is 89.9 Å². The van der Waals surface area contributed by atoms with Gasteiger partial charge < -0.3 is 10.1 Å². The van der Waals surface area contributed by atoms with Crippen molar-refractivity contribution >= 4 is 5.69 Å². The molecule has 1 N–H and O–H groups in total. The fourth-order valence-electron chi connectivity index (χ4n) is 1.23. The zero-order valence-corrected chi connectivity index (χ0v) is 9.08. The Balaban J connectivity index is 2.51. The number of aryl methyl sites for hydroxylation is 1. The minimum absolute atomic E-state index is 0.579. The lowest BCUT2D eigenvalue weighted by atomic mass is 10.3. The largest absolute Gasteiger partial charge is 0.481 e. The summed E-state index contributed by atoms with van der Waals surface area (Å²) in [5, 5.41) is 11.6. The van der Waals surface area contributed by atoms with Crippen molar-refractivity contribution in [1.29, 1.82) is 5.26 Å². The molecule has 0 bridgehead atoms. The molecule has 4 nitrogen and oxygen atoms in total. The minimum Gasteiger partial charge on any atom is -0.481 e. The van der Waals surface area contributed by atoms with Gasteiger partial charge in [0.2, 0.25) is 5.88 Å². The highest BCUT2D eigenvalue weighted by Crippen LogP contribution is 2.16. The van der Waals surface area contributed by atoms with Crippen molar-refractivity contribution in [3.63, 3.8) is 0 Å². The van der Waals surface area contributed by atoms with Crippen LogP contribution in [0, 0.1) is 18.3 Å². The highest BCUT2D eigenvalue weighted by molar-refractivity contribution is 5.48. The number of aromatic nitrogens is 1. The number of hydrogen-bond acceptors (Lipinski definition) is 4. The first kappa shape index (κ1) is 11.3. The zero-order chi connectivity index (χ0) is 11.1. The second-order valence-electron chi connectivity index (χ2n) is 3.18. The first-order valence-corrected chi connectivity index (χ1v) is 4.90. The van der Waals surface area contributed by atoms with Gasteiger partial charge in [0.25, 0.3) is 0 Å². The fourth-order valence-corrected chi connectivity index (χ4v) is 1.23. The monoisotopic (exact) mass is 205 g/mol. The molecule has 4 heteroatoms. The first-order chi connectivity index (χ1) is 7.27. The minimum atomic E-state index is 0.579. The molecule has 1 aromatic rings. The summed E-state index contributed by atoms with van der Waals surface area (Å²) in [6, 6.07) is 5.87. The van der Waals surface area contributed by atoms with E-state index in [1.165, 1.54) is 0 Å². The van der Waals surface area contributed by atoms with E-state index < -0.39 is 0 Å². The van der Waals surface area contributed by atoms with Crippen molar-refractivity contribution < 1.29 is 4.74 Å². The van der Waals surface area contributed by atoms with Crippen LogP contribution in [0.5, 0.6) is 5.88 Å². The third kappa shape index (κ3) is 3.47. The number of methoxy groups -OCH3 is 1. The summed E-state index contributed by atoms with van der Waals surface area (Å²) in [5.41, 5.74) is 1.90. The second-order valence-corrected chi connectivity index (χ2v) is 3.18. The first-order valence-electron chi connectivity index (χ1n) is 4.90. The van der Waals surface area contributed by atoms with Crippen molar-refractivity contribution in [3.05, 3.63) is 17.8 Å². The molecule has 0 atom stereocenters. The number of pyridine rings is 1. The van der Waals surface area contributed by atoms with Gasteiger partial charge in [-0.3, -0.25) is 0 Å². The maximum absolute atomic E-state index is 8.38. The van der Waals surface area contributed by atoms with E-state index in [-0.39, 0.29) is 0 Å². The molecule has 1 heterocycles. The summed E-state index contributed by atoms with van der Waals surface area (Å²) in [4.78, 5) is 4.24. The van der Waals surface area contributed by atoms with Gasteiger partial charge in [0, 0.05) is 19.0 Å². The van der Waals surface area contributed by atoms with E-state index in [0.717, 1.165) is 24.3 Å². The second kappa shape index (κ2) is 5.86. The van der Waals surface area contributed by atoms with Gasteiger partial charge in [-0.1, -0.05) is 0 Å². The van der Waals surface area contributed by atoms with E-state index in [9.17, 15) is 0 Å². The van der Waals surface area contributed by atoms with Crippen molar-refractivity contribution in [2.24, 2.45) is 0 Å². The molecule has 0 aliphatic heterocycles. The number of anilines is 1. The highest BCUT2D eigenvalue weighted by Gasteiger charge is 2.00. The standard InChI is InChI=1S/C11H15N3O/c1-9-10(13-8-4-3-7-12)5-6-11(14-9)15-2/h5-6,13H,3-4,8H2,1-2H3. The Kier molecular flexibility index (Phi) is 4.42. The Hall–Kier alpha value is -1.76. The van der Waals surface area contributed by atoms with Gasteiger partial charge >= 0.3 is 0 Å². The summed E-state index contributed by atoms with van der Waals surface area (Å²) >= 11 is 0. The van der Waals surface area contributed by atoms with Gasteiger partial charge in [-0.25, -0.2) is 4.98 Å². The molecule has 0 fully saturated rings. The van der Waals surface area contributed by atoms with Crippen LogP contribution >= 0.6 is 0 Å². The SMILES string of the molecule is COc1ccc(NCCCC#N)c(C)n1. The smallest absolute Gasteiger partial charge is 0.213 e. The van der Waals surface area contributed by atoms with Gasteiger partial charge in [-0.15, -0.1) is 0 Å². The third-order valence-corrected chi connectivity index (χ3v) is 2.05. The van der Waals surface area contributed by atoms with Crippen LogP contribution in [0.15, 0.2) is 12.1 Å². The van der Waals surface area contributed by atoms with Gasteiger partial charge in [0.05, 0.1) is 24.6 Å². The third-order valence-electron chi connectivity index (χ3n) is 2.05. The molecule has 0 unspecified atom stereocenters. The molecule has 0 aliphatic rings. The molecule has 0 saturated carbocycles. The van der Waals surface area contributed by atoms with Crippen LogP contribution in [0.25, 0.3) is 0 Å². The lowest BCUT2D eigenvalue weighted by Gasteiger charge is -2.08. The number of unbranched alkanes of at least 4 members (excludes halogenated alkanes) is 1. The summed E-state index contributed by atoms with van der Waals surface area (Å²) in [5.74, 6) is 0.620. The Morgan fingerprint density at radius 1 is 1.53 bits per heavy atom. The summed E-state index contributed by atoms with van der Waals surface area (Å²) in [6.45, 7) is 2.72. The molecule has 0 amide bonds. The van der Waals surface area contributed by atoms with Gasteiger partial charge in [-0.2, -0.15) is 5.26 Å². The zero-order valence-electron chi connectivity index (χ0n) is 9.08. The maximum atomic E-state index is 8.38. The van der Waals surface area contributed by atoms with E-state index in [2.05, 4.69) is 16.4 Å². The Morgan fingerprint density at radius 2 is 2.33 bits per heavy atom. The van der Waals surface area contributed by atoms with E-state index in [4.69, 9.17) is 10.00 Å². The van der Waals surface area contributed by atoms with Gasteiger partial charge in [0.1, 0.15) is 0 Å². The van der Waals surface area contributed by atoms with Crippen LogP contribution in [-0.2, 0) is 0 Å². The van der Waals surface area contributed by atoms with Crippen LogP contribution < -0.4 is 10.1 Å². The summed E-state index contributed by atoms with van der Waals surface area (Å²) < 4.78 is 5.01. The predicted octanol–water partition coefficient (Wildman–Crippen LogP) is 2.11. The van der Waals surface area contributed by atoms with E-state index in [1.54, 1.807) is 7.11 Å². The van der Waals surface area contributed by atoms with Crippen LogP contribution in [0.4, 0.5) is 5.69 Å². The molecule has 1 aromatic heterocycles. The molecule has 0 aromatic carbocycles. The number of rotatable bonds is 5. The molecule has 15 heavy (non-hydrogen) atoms.